The number of nitrogens with one attached hydrogen (secondary N) is 2. The van der Waals surface area contributed by atoms with E-state index in [9.17, 15) is 22.8 Å². The maximum Gasteiger partial charge on any atom is 0.322 e. The van der Waals surface area contributed by atoms with E-state index in [1.54, 1.807) is 0 Å². The standard InChI is InChI=1S/C18H15F3N4O3/c19-10-3-9-7-28-8-14(17(9)22-4-10)23-15(26)6-25-5-11-13(24-18(25)27)2-1-12(20)16(11)21/h1-4,14H,5-8H2,(H,23,26)(H,24,27)/t14-/m0/s1. The van der Waals surface area contributed by atoms with Crippen LogP contribution in [-0.4, -0.2) is 35.0 Å². The number of hydrogen-bond acceptors (Lipinski definition) is 4. The minimum Gasteiger partial charge on any atom is -0.374 e. The van der Waals surface area contributed by atoms with Gasteiger partial charge >= 0.3 is 6.03 Å². The molecule has 0 saturated carbocycles. The maximum atomic E-state index is 14.0. The molecule has 3 amide bonds. The second-order valence-corrected chi connectivity index (χ2v) is 6.51. The van der Waals surface area contributed by atoms with Gasteiger partial charge in [-0.1, -0.05) is 0 Å². The monoisotopic (exact) mass is 392 g/mol. The Hall–Kier alpha value is -3.14. The fourth-order valence-corrected chi connectivity index (χ4v) is 3.26. The smallest absolute Gasteiger partial charge is 0.322 e. The lowest BCUT2D eigenvalue weighted by Crippen LogP contribution is -2.46. The normalized spacial score (nSPS) is 18.2. The highest BCUT2D eigenvalue weighted by molar-refractivity contribution is 5.95. The molecule has 2 N–H and O–H groups in total. The van der Waals surface area contributed by atoms with E-state index < -0.39 is 35.4 Å². The van der Waals surface area contributed by atoms with Crippen molar-refractivity contribution in [2.24, 2.45) is 0 Å². The zero-order valence-corrected chi connectivity index (χ0v) is 14.5. The van der Waals surface area contributed by atoms with Gasteiger partial charge in [0.1, 0.15) is 12.4 Å². The summed E-state index contributed by atoms with van der Waals surface area (Å²) in [6.07, 6.45) is 1.05. The molecule has 0 fully saturated rings. The topological polar surface area (TPSA) is 83.6 Å². The molecular formula is C18H15F3N4O3. The molecule has 1 aromatic carbocycles. The van der Waals surface area contributed by atoms with E-state index in [1.807, 2.05) is 0 Å². The molecule has 7 nitrogen and oxygen atoms in total. The number of anilines is 1. The van der Waals surface area contributed by atoms with Crippen LogP contribution in [-0.2, 0) is 22.7 Å². The highest BCUT2D eigenvalue weighted by Crippen LogP contribution is 2.27. The number of hydrogen-bond donors (Lipinski definition) is 2. The Morgan fingerprint density at radius 1 is 1.36 bits per heavy atom. The number of urea groups is 1. The van der Waals surface area contributed by atoms with E-state index in [2.05, 4.69) is 15.6 Å². The van der Waals surface area contributed by atoms with Crippen LogP contribution in [0.2, 0.25) is 0 Å². The van der Waals surface area contributed by atoms with Gasteiger partial charge in [0, 0.05) is 11.1 Å². The number of ether oxygens (including phenoxy) is 1. The van der Waals surface area contributed by atoms with Crippen LogP contribution in [0.25, 0.3) is 0 Å². The predicted molar refractivity (Wildman–Crippen MR) is 90.5 cm³/mol. The van der Waals surface area contributed by atoms with Crippen LogP contribution >= 0.6 is 0 Å². The van der Waals surface area contributed by atoms with Crippen molar-refractivity contribution < 1.29 is 27.5 Å². The fourth-order valence-electron chi connectivity index (χ4n) is 3.26. The lowest BCUT2D eigenvalue weighted by atomic mass is 10.1. The van der Waals surface area contributed by atoms with Crippen molar-refractivity contribution in [3.05, 3.63) is 58.7 Å². The first-order valence-electron chi connectivity index (χ1n) is 8.46. The molecule has 4 rings (SSSR count). The quantitative estimate of drug-likeness (QED) is 0.839. The number of amides is 3. The number of halogens is 3. The zero-order valence-electron chi connectivity index (χ0n) is 14.5. The summed E-state index contributed by atoms with van der Waals surface area (Å²) in [7, 11) is 0. The second-order valence-electron chi connectivity index (χ2n) is 6.51. The fraction of sp³-hybridized carbons (Fsp3) is 0.278. The summed E-state index contributed by atoms with van der Waals surface area (Å²) in [5.74, 6) is -3.15. The third kappa shape index (κ3) is 3.38. The first kappa shape index (κ1) is 18.2. The first-order valence-corrected chi connectivity index (χ1v) is 8.46. The second kappa shape index (κ2) is 7.12. The minimum atomic E-state index is -1.07. The van der Waals surface area contributed by atoms with Crippen LogP contribution in [0.1, 0.15) is 22.9 Å². The van der Waals surface area contributed by atoms with E-state index >= 15 is 0 Å². The molecule has 1 aromatic heterocycles. The van der Waals surface area contributed by atoms with Crippen LogP contribution in [0.3, 0.4) is 0 Å². The van der Waals surface area contributed by atoms with Crippen LogP contribution in [0.4, 0.5) is 23.7 Å². The summed E-state index contributed by atoms with van der Waals surface area (Å²) in [6.45, 7) is -0.303. The molecule has 0 bridgehead atoms. The van der Waals surface area contributed by atoms with E-state index in [-0.39, 0.29) is 37.6 Å². The summed E-state index contributed by atoms with van der Waals surface area (Å²) in [5, 5.41) is 5.10. The van der Waals surface area contributed by atoms with Crippen LogP contribution < -0.4 is 10.6 Å². The number of fused-ring (bicyclic) bond motifs is 2. The SMILES string of the molecule is O=C(CN1Cc2c(ccc(F)c2F)NC1=O)N[C@H]1COCc2cc(F)cnc21. The molecular weight excluding hydrogens is 377 g/mol. The molecule has 0 spiro atoms. The molecule has 10 heteroatoms. The average molecular weight is 392 g/mol. The van der Waals surface area contributed by atoms with E-state index in [4.69, 9.17) is 4.74 Å². The zero-order chi connectivity index (χ0) is 19.8. The molecule has 1 atom stereocenters. The van der Waals surface area contributed by atoms with Gasteiger partial charge in [0.25, 0.3) is 0 Å². The molecule has 28 heavy (non-hydrogen) atoms. The van der Waals surface area contributed by atoms with Crippen molar-refractivity contribution in [2.75, 3.05) is 18.5 Å². The summed E-state index contributed by atoms with van der Waals surface area (Å²) in [6, 6.07) is 2.27. The van der Waals surface area contributed by atoms with E-state index in [0.29, 0.717) is 11.3 Å². The number of benzene rings is 1. The molecule has 0 aliphatic carbocycles. The van der Waals surface area contributed by atoms with Crippen molar-refractivity contribution in [1.82, 2.24) is 15.2 Å². The summed E-state index contributed by atoms with van der Waals surface area (Å²) in [4.78, 5) is 29.6. The Kier molecular flexibility index (Phi) is 4.63. The molecule has 0 saturated heterocycles. The van der Waals surface area contributed by atoms with Crippen LogP contribution in [0, 0.1) is 17.5 Å². The highest BCUT2D eigenvalue weighted by Gasteiger charge is 2.30. The Balaban J connectivity index is 1.46. The Bertz CT molecular complexity index is 969. The number of carbonyl (C=O) groups excluding carboxylic acids is 2. The summed E-state index contributed by atoms with van der Waals surface area (Å²) < 4.78 is 46.1. The van der Waals surface area contributed by atoms with E-state index in [1.165, 1.54) is 12.1 Å². The van der Waals surface area contributed by atoms with Gasteiger partial charge in [-0.05, 0) is 18.2 Å². The molecule has 2 aliphatic rings. The molecule has 0 unspecified atom stereocenters. The van der Waals surface area contributed by atoms with Crippen molar-refractivity contribution in [3.63, 3.8) is 0 Å². The van der Waals surface area contributed by atoms with Crippen molar-refractivity contribution in [1.29, 1.82) is 0 Å². The van der Waals surface area contributed by atoms with Gasteiger partial charge in [0.15, 0.2) is 11.6 Å². The van der Waals surface area contributed by atoms with Crippen LogP contribution in [0.5, 0.6) is 0 Å². The Morgan fingerprint density at radius 2 is 2.18 bits per heavy atom. The molecule has 2 aliphatic heterocycles. The lowest BCUT2D eigenvalue weighted by Gasteiger charge is -2.30. The van der Waals surface area contributed by atoms with Crippen molar-refractivity contribution >= 4 is 17.6 Å². The van der Waals surface area contributed by atoms with Gasteiger partial charge in [0.05, 0.1) is 43.4 Å². The Labute approximate surface area is 157 Å². The molecule has 146 valence electrons. The van der Waals surface area contributed by atoms with E-state index in [0.717, 1.165) is 17.2 Å². The van der Waals surface area contributed by atoms with Gasteiger partial charge in [-0.2, -0.15) is 0 Å². The summed E-state index contributed by atoms with van der Waals surface area (Å²) >= 11 is 0. The van der Waals surface area contributed by atoms with Crippen molar-refractivity contribution in [3.8, 4) is 0 Å². The first-order chi connectivity index (χ1) is 13.4. The summed E-state index contributed by atoms with van der Waals surface area (Å²) in [5.41, 5.74) is 1.15. The van der Waals surface area contributed by atoms with Crippen LogP contribution in [0.15, 0.2) is 24.4 Å². The number of aromatic nitrogens is 1. The van der Waals surface area contributed by atoms with Crippen molar-refractivity contribution in [2.45, 2.75) is 19.2 Å². The third-order valence-corrected chi connectivity index (χ3v) is 4.58. The Morgan fingerprint density at radius 3 is 3.00 bits per heavy atom. The molecule has 2 aromatic rings. The highest BCUT2D eigenvalue weighted by atomic mass is 19.2. The minimum absolute atomic E-state index is 0.0316. The van der Waals surface area contributed by atoms with Gasteiger partial charge < -0.3 is 20.3 Å². The number of pyridine rings is 1. The maximum absolute atomic E-state index is 14.0. The molecule has 3 heterocycles. The third-order valence-electron chi connectivity index (χ3n) is 4.58. The van der Waals surface area contributed by atoms with Gasteiger partial charge in [0.2, 0.25) is 5.91 Å². The molecule has 0 radical (unpaired) electrons. The van der Waals surface area contributed by atoms with Gasteiger partial charge in [-0.15, -0.1) is 0 Å². The number of rotatable bonds is 3. The average Bonchev–Trinajstić information content (AvgIpc) is 2.66. The lowest BCUT2D eigenvalue weighted by molar-refractivity contribution is -0.123. The van der Waals surface area contributed by atoms with Gasteiger partial charge in [-0.3, -0.25) is 9.78 Å². The number of nitrogens with zero attached hydrogens (tertiary/aromatic N) is 2. The largest absolute Gasteiger partial charge is 0.374 e. The number of carbonyl (C=O) groups is 2. The van der Waals surface area contributed by atoms with Gasteiger partial charge in [-0.25, -0.2) is 18.0 Å². The predicted octanol–water partition coefficient (Wildman–Crippen LogP) is 2.23.